The molecule has 1 heterocycles. The Morgan fingerprint density at radius 3 is 2.40 bits per heavy atom. The quantitative estimate of drug-likeness (QED) is 0.868. The Kier molecular flexibility index (Phi) is 3.79. The Hall–Kier alpha value is -1.74. The molecule has 1 fully saturated rings. The van der Waals surface area contributed by atoms with Crippen LogP contribution in [0.4, 0.5) is 8.78 Å². The lowest BCUT2D eigenvalue weighted by molar-refractivity contribution is 0.446. The number of hydrogen-bond donors (Lipinski definition) is 1. The van der Waals surface area contributed by atoms with Gasteiger partial charge < -0.3 is 5.32 Å². The van der Waals surface area contributed by atoms with Gasteiger partial charge in [0.25, 0.3) is 0 Å². The van der Waals surface area contributed by atoms with Crippen LogP contribution in [-0.4, -0.2) is 13.1 Å². The van der Waals surface area contributed by atoms with Gasteiger partial charge in [0.2, 0.25) is 0 Å². The van der Waals surface area contributed by atoms with Crippen LogP contribution in [0.5, 0.6) is 0 Å². The molecule has 1 N–H and O–H groups in total. The fourth-order valence-electron chi connectivity index (χ4n) is 2.80. The van der Waals surface area contributed by atoms with Gasteiger partial charge in [-0.1, -0.05) is 18.2 Å². The number of benzene rings is 2. The summed E-state index contributed by atoms with van der Waals surface area (Å²) in [7, 11) is 0. The van der Waals surface area contributed by atoms with Crippen molar-refractivity contribution in [2.24, 2.45) is 0 Å². The van der Waals surface area contributed by atoms with Gasteiger partial charge in [-0.3, -0.25) is 0 Å². The third kappa shape index (κ3) is 2.73. The Morgan fingerprint density at radius 1 is 0.950 bits per heavy atom. The highest BCUT2D eigenvalue weighted by Gasteiger charge is 2.19. The number of nitrogens with one attached hydrogen (secondary N) is 1. The second-order valence-electron chi connectivity index (χ2n) is 5.29. The van der Waals surface area contributed by atoms with Crippen LogP contribution in [0.1, 0.15) is 24.3 Å². The van der Waals surface area contributed by atoms with Gasteiger partial charge in [0.05, 0.1) is 0 Å². The van der Waals surface area contributed by atoms with E-state index in [-0.39, 0.29) is 17.6 Å². The van der Waals surface area contributed by atoms with E-state index in [4.69, 9.17) is 0 Å². The number of piperidine rings is 1. The predicted octanol–water partition coefficient (Wildman–Crippen LogP) is 4.10. The molecular formula is C17H17F2N. The minimum absolute atomic E-state index is 0.149. The molecule has 3 rings (SSSR count). The van der Waals surface area contributed by atoms with Crippen LogP contribution in [-0.2, 0) is 0 Å². The van der Waals surface area contributed by atoms with Crippen molar-refractivity contribution in [3.8, 4) is 11.1 Å². The highest BCUT2D eigenvalue weighted by Crippen LogP contribution is 2.30. The molecule has 20 heavy (non-hydrogen) atoms. The van der Waals surface area contributed by atoms with Crippen molar-refractivity contribution in [2.75, 3.05) is 13.1 Å². The number of hydrogen-bond acceptors (Lipinski definition) is 1. The molecule has 1 saturated heterocycles. The van der Waals surface area contributed by atoms with Gasteiger partial charge in [-0.25, -0.2) is 8.78 Å². The molecule has 0 amide bonds. The average Bonchev–Trinajstić information content (AvgIpc) is 2.50. The normalized spacial score (nSPS) is 19.0. The second-order valence-corrected chi connectivity index (χ2v) is 5.29. The third-order valence-corrected chi connectivity index (χ3v) is 3.91. The molecule has 0 aromatic heterocycles. The summed E-state index contributed by atoms with van der Waals surface area (Å²) in [5.74, 6) is -0.179. The summed E-state index contributed by atoms with van der Waals surface area (Å²) in [5.41, 5.74) is 2.61. The van der Waals surface area contributed by atoms with Gasteiger partial charge in [0.1, 0.15) is 11.6 Å². The summed E-state index contributed by atoms with van der Waals surface area (Å²) in [6.07, 6.45) is 2.08. The van der Waals surface area contributed by atoms with Crippen LogP contribution >= 0.6 is 0 Å². The minimum atomic E-state index is -0.257. The van der Waals surface area contributed by atoms with Crippen molar-refractivity contribution < 1.29 is 8.78 Å². The number of halogens is 2. The maximum Gasteiger partial charge on any atom is 0.126 e. The Bertz CT molecular complexity index is 586. The zero-order valence-corrected chi connectivity index (χ0v) is 11.2. The SMILES string of the molecule is Fc1ccc(-c2ccc(F)c(C3CCCNC3)c2)cc1. The van der Waals surface area contributed by atoms with E-state index in [1.165, 1.54) is 18.2 Å². The first-order valence-electron chi connectivity index (χ1n) is 7.00. The van der Waals surface area contributed by atoms with Crippen molar-refractivity contribution in [2.45, 2.75) is 18.8 Å². The number of rotatable bonds is 2. The molecule has 0 aliphatic carbocycles. The van der Waals surface area contributed by atoms with Crippen LogP contribution < -0.4 is 5.32 Å². The van der Waals surface area contributed by atoms with Gasteiger partial charge in [-0.05, 0) is 66.3 Å². The molecule has 1 aliphatic rings. The van der Waals surface area contributed by atoms with E-state index in [1.54, 1.807) is 18.2 Å². The molecule has 1 atom stereocenters. The van der Waals surface area contributed by atoms with Crippen molar-refractivity contribution in [3.63, 3.8) is 0 Å². The van der Waals surface area contributed by atoms with E-state index >= 15 is 0 Å². The summed E-state index contributed by atoms with van der Waals surface area (Å²) in [5, 5.41) is 3.31. The molecule has 2 aromatic rings. The van der Waals surface area contributed by atoms with Crippen molar-refractivity contribution in [1.29, 1.82) is 0 Å². The van der Waals surface area contributed by atoms with Crippen LogP contribution in [0, 0.1) is 11.6 Å². The van der Waals surface area contributed by atoms with Crippen LogP contribution in [0.2, 0.25) is 0 Å². The average molecular weight is 273 g/mol. The van der Waals surface area contributed by atoms with Crippen molar-refractivity contribution in [1.82, 2.24) is 5.32 Å². The summed E-state index contributed by atoms with van der Waals surface area (Å²) < 4.78 is 27.0. The minimum Gasteiger partial charge on any atom is -0.316 e. The molecule has 3 heteroatoms. The van der Waals surface area contributed by atoms with Gasteiger partial charge in [-0.15, -0.1) is 0 Å². The van der Waals surface area contributed by atoms with Gasteiger partial charge >= 0.3 is 0 Å². The topological polar surface area (TPSA) is 12.0 Å². The van der Waals surface area contributed by atoms with E-state index in [1.807, 2.05) is 6.07 Å². The second kappa shape index (κ2) is 5.71. The summed E-state index contributed by atoms with van der Waals surface area (Å²) in [4.78, 5) is 0. The molecule has 0 saturated carbocycles. The lowest BCUT2D eigenvalue weighted by Crippen LogP contribution is -2.28. The summed E-state index contributed by atoms with van der Waals surface area (Å²) >= 11 is 0. The Balaban J connectivity index is 1.95. The molecule has 2 aromatic carbocycles. The fraction of sp³-hybridized carbons (Fsp3) is 0.294. The molecule has 1 aliphatic heterocycles. The monoisotopic (exact) mass is 273 g/mol. The molecule has 0 spiro atoms. The first-order valence-corrected chi connectivity index (χ1v) is 7.00. The van der Waals surface area contributed by atoms with Gasteiger partial charge in [0.15, 0.2) is 0 Å². The van der Waals surface area contributed by atoms with Gasteiger partial charge in [-0.2, -0.15) is 0 Å². The zero-order valence-electron chi connectivity index (χ0n) is 11.2. The maximum absolute atomic E-state index is 14.0. The van der Waals surface area contributed by atoms with E-state index in [9.17, 15) is 8.78 Å². The standard InChI is InChI=1S/C17H17F2N/c18-15-6-3-12(4-7-15)13-5-8-17(19)16(10-13)14-2-1-9-20-11-14/h3-8,10,14,20H,1-2,9,11H2. The third-order valence-electron chi connectivity index (χ3n) is 3.91. The Morgan fingerprint density at radius 2 is 1.70 bits per heavy atom. The highest BCUT2D eigenvalue weighted by atomic mass is 19.1. The van der Waals surface area contributed by atoms with Crippen LogP contribution in [0.3, 0.4) is 0 Å². The molecule has 0 radical (unpaired) electrons. The smallest absolute Gasteiger partial charge is 0.126 e. The lowest BCUT2D eigenvalue weighted by Gasteiger charge is -2.24. The highest BCUT2D eigenvalue weighted by molar-refractivity contribution is 5.64. The predicted molar refractivity (Wildman–Crippen MR) is 76.6 cm³/mol. The summed E-state index contributed by atoms with van der Waals surface area (Å²) in [6, 6.07) is 11.5. The molecule has 1 unspecified atom stereocenters. The molecular weight excluding hydrogens is 256 g/mol. The van der Waals surface area contributed by atoms with E-state index < -0.39 is 0 Å². The molecule has 104 valence electrons. The van der Waals surface area contributed by atoms with Crippen LogP contribution in [0.15, 0.2) is 42.5 Å². The zero-order chi connectivity index (χ0) is 13.9. The molecule has 1 nitrogen and oxygen atoms in total. The van der Waals surface area contributed by atoms with Crippen LogP contribution in [0.25, 0.3) is 11.1 Å². The first-order chi connectivity index (χ1) is 9.74. The largest absolute Gasteiger partial charge is 0.316 e. The lowest BCUT2D eigenvalue weighted by atomic mass is 9.89. The molecule has 0 bridgehead atoms. The van der Waals surface area contributed by atoms with E-state index in [0.29, 0.717) is 0 Å². The Labute approximate surface area is 117 Å². The van der Waals surface area contributed by atoms with E-state index in [0.717, 1.165) is 42.6 Å². The maximum atomic E-state index is 14.0. The first kappa shape index (κ1) is 13.3. The van der Waals surface area contributed by atoms with Crippen molar-refractivity contribution >= 4 is 0 Å². The van der Waals surface area contributed by atoms with Crippen molar-refractivity contribution in [3.05, 3.63) is 59.7 Å². The van der Waals surface area contributed by atoms with E-state index in [2.05, 4.69) is 5.32 Å². The fourth-order valence-corrected chi connectivity index (χ4v) is 2.80. The summed E-state index contributed by atoms with van der Waals surface area (Å²) in [6.45, 7) is 1.83. The van der Waals surface area contributed by atoms with Gasteiger partial charge in [0, 0.05) is 6.54 Å².